The van der Waals surface area contributed by atoms with Crippen molar-refractivity contribution in [1.29, 1.82) is 5.26 Å². The number of aliphatic hydroxyl groups is 1. The largest absolute Gasteiger partial charge is 0.366 e. The van der Waals surface area contributed by atoms with E-state index in [2.05, 4.69) is 6.07 Å². The van der Waals surface area contributed by atoms with Crippen molar-refractivity contribution in [3.63, 3.8) is 0 Å². The van der Waals surface area contributed by atoms with E-state index in [0.717, 1.165) is 0 Å². The lowest BCUT2D eigenvalue weighted by molar-refractivity contribution is -0.149. The van der Waals surface area contributed by atoms with Crippen LogP contribution in [0, 0.1) is 17.1 Å². The van der Waals surface area contributed by atoms with Gasteiger partial charge in [0.1, 0.15) is 5.82 Å². The van der Waals surface area contributed by atoms with Crippen LogP contribution in [0.1, 0.15) is 23.5 Å². The Bertz CT molecular complexity index is 985. The van der Waals surface area contributed by atoms with Gasteiger partial charge in [-0.3, -0.25) is 9.69 Å². The van der Waals surface area contributed by atoms with Gasteiger partial charge in [0.15, 0.2) is 5.72 Å². The fraction of sp³-hybridized carbons (Fsp3) is 0.200. The lowest BCUT2D eigenvalue weighted by Gasteiger charge is -2.38. The molecular formula is C20H14ClFN2O2S. The predicted octanol–water partition coefficient (Wildman–Crippen LogP) is 4.12. The second-order valence-electron chi connectivity index (χ2n) is 6.48. The van der Waals surface area contributed by atoms with Gasteiger partial charge < -0.3 is 5.11 Å². The summed E-state index contributed by atoms with van der Waals surface area (Å²) in [5.74, 6) is -0.881. The molecule has 2 aliphatic rings. The van der Waals surface area contributed by atoms with Gasteiger partial charge in [0, 0.05) is 22.9 Å². The van der Waals surface area contributed by atoms with Crippen molar-refractivity contribution in [2.75, 3.05) is 5.75 Å². The molecule has 2 aromatic carbocycles. The monoisotopic (exact) mass is 400 g/mol. The van der Waals surface area contributed by atoms with Gasteiger partial charge in [-0.05, 0) is 29.8 Å². The number of rotatable bonds is 2. The summed E-state index contributed by atoms with van der Waals surface area (Å²) in [5.41, 5.74) is 0.129. The summed E-state index contributed by atoms with van der Waals surface area (Å²) >= 11 is 7.20. The predicted molar refractivity (Wildman–Crippen MR) is 101 cm³/mol. The van der Waals surface area contributed by atoms with Crippen molar-refractivity contribution in [3.8, 4) is 6.07 Å². The number of halogens is 2. The first kappa shape index (κ1) is 18.1. The van der Waals surface area contributed by atoms with E-state index in [1.54, 1.807) is 36.4 Å². The molecule has 0 radical (unpaired) electrons. The summed E-state index contributed by atoms with van der Waals surface area (Å²) in [6.45, 7) is 0. The van der Waals surface area contributed by atoms with Crippen molar-refractivity contribution in [2.45, 2.75) is 18.1 Å². The molecule has 0 bridgehead atoms. The Kier molecular flexibility index (Phi) is 4.47. The summed E-state index contributed by atoms with van der Waals surface area (Å²) in [5, 5.41) is 22.0. The molecule has 0 aromatic heterocycles. The molecule has 27 heavy (non-hydrogen) atoms. The van der Waals surface area contributed by atoms with Crippen molar-refractivity contribution in [3.05, 3.63) is 81.1 Å². The van der Waals surface area contributed by atoms with Crippen molar-refractivity contribution < 1.29 is 14.3 Å². The maximum atomic E-state index is 13.2. The number of amides is 1. The number of allylic oxidation sites excluding steroid dienone is 1. The Labute approximate surface area is 164 Å². The van der Waals surface area contributed by atoms with Gasteiger partial charge in [-0.2, -0.15) is 5.26 Å². The number of fused-ring (bicyclic) bond motifs is 1. The Morgan fingerprint density at radius 1 is 1.22 bits per heavy atom. The third-order valence-corrected chi connectivity index (χ3v) is 6.36. The number of nitriles is 1. The van der Waals surface area contributed by atoms with E-state index in [0.29, 0.717) is 26.8 Å². The number of nitrogens with zero attached hydrogens (tertiary/aromatic N) is 2. The molecule has 0 unspecified atom stereocenters. The summed E-state index contributed by atoms with van der Waals surface area (Å²) < 4.78 is 13.2. The van der Waals surface area contributed by atoms with E-state index in [1.807, 2.05) is 0 Å². The standard InChI is InChI=1S/C20H14ClFN2O2S/c21-14-5-3-13(4-6-14)20(26)11-27-19-17(10-23)16(9-18(25)24(19)20)12-1-7-15(22)8-2-12/h1-8,16,26H,9,11H2/t16-,20-/m1/s1. The molecule has 2 heterocycles. The van der Waals surface area contributed by atoms with Gasteiger partial charge in [0.05, 0.1) is 22.4 Å². The molecule has 136 valence electrons. The van der Waals surface area contributed by atoms with Crippen LogP contribution in [0.3, 0.4) is 0 Å². The van der Waals surface area contributed by atoms with E-state index in [1.165, 1.54) is 28.8 Å². The molecule has 2 aromatic rings. The Morgan fingerprint density at radius 2 is 1.89 bits per heavy atom. The maximum Gasteiger partial charge on any atom is 0.231 e. The van der Waals surface area contributed by atoms with Crippen LogP contribution in [0.5, 0.6) is 0 Å². The van der Waals surface area contributed by atoms with Crippen LogP contribution in [0.2, 0.25) is 5.02 Å². The molecule has 2 atom stereocenters. The molecule has 7 heteroatoms. The Morgan fingerprint density at radius 3 is 2.52 bits per heavy atom. The van der Waals surface area contributed by atoms with Gasteiger partial charge in [-0.15, -0.1) is 11.8 Å². The molecular weight excluding hydrogens is 387 g/mol. The van der Waals surface area contributed by atoms with E-state index in [9.17, 15) is 19.6 Å². The molecule has 1 fully saturated rings. The highest BCUT2D eigenvalue weighted by atomic mass is 35.5. The van der Waals surface area contributed by atoms with E-state index >= 15 is 0 Å². The SMILES string of the molecule is N#CC1=C2SC[C@@](O)(c3ccc(Cl)cc3)N2C(=O)C[C@@H]1c1ccc(F)cc1. The van der Waals surface area contributed by atoms with Crippen LogP contribution in [0.15, 0.2) is 59.1 Å². The average molecular weight is 401 g/mol. The zero-order chi connectivity index (χ0) is 19.2. The number of thioether (sulfide) groups is 1. The minimum atomic E-state index is -1.53. The fourth-order valence-electron chi connectivity index (χ4n) is 3.54. The fourth-order valence-corrected chi connectivity index (χ4v) is 5.02. The van der Waals surface area contributed by atoms with Crippen molar-refractivity contribution in [2.24, 2.45) is 0 Å². The lowest BCUT2D eigenvalue weighted by Crippen LogP contribution is -2.48. The van der Waals surface area contributed by atoms with Gasteiger partial charge in [-0.25, -0.2) is 4.39 Å². The first-order chi connectivity index (χ1) is 12.9. The smallest absolute Gasteiger partial charge is 0.231 e. The molecule has 0 aliphatic carbocycles. The highest BCUT2D eigenvalue weighted by Crippen LogP contribution is 2.51. The molecule has 1 N–H and O–H groups in total. The summed E-state index contributed by atoms with van der Waals surface area (Å²) in [6.07, 6.45) is 0.0362. The Hall–Kier alpha value is -2.33. The average Bonchev–Trinajstić information content (AvgIpc) is 3.02. The molecule has 1 amide bonds. The van der Waals surface area contributed by atoms with E-state index in [-0.39, 0.29) is 23.9 Å². The number of carbonyl (C=O) groups excluding carboxylic acids is 1. The quantitative estimate of drug-likeness (QED) is 0.823. The number of hydrogen-bond acceptors (Lipinski definition) is 4. The summed E-state index contributed by atoms with van der Waals surface area (Å²) in [4.78, 5) is 14.3. The normalized spacial score (nSPS) is 24.7. The topological polar surface area (TPSA) is 64.3 Å². The van der Waals surface area contributed by atoms with Crippen LogP contribution in [0.4, 0.5) is 4.39 Å². The molecule has 0 spiro atoms. The van der Waals surface area contributed by atoms with Gasteiger partial charge in [0.25, 0.3) is 0 Å². The van der Waals surface area contributed by atoms with Crippen LogP contribution in [0.25, 0.3) is 0 Å². The van der Waals surface area contributed by atoms with Gasteiger partial charge in [0.2, 0.25) is 5.91 Å². The number of hydrogen-bond donors (Lipinski definition) is 1. The van der Waals surface area contributed by atoms with E-state index < -0.39 is 11.6 Å². The van der Waals surface area contributed by atoms with Crippen LogP contribution in [-0.2, 0) is 10.5 Å². The lowest BCUT2D eigenvalue weighted by atomic mass is 9.85. The second kappa shape index (κ2) is 6.68. The molecule has 4 nitrogen and oxygen atoms in total. The van der Waals surface area contributed by atoms with Crippen LogP contribution >= 0.6 is 23.4 Å². The summed E-state index contributed by atoms with van der Waals surface area (Å²) in [6, 6.07) is 14.7. The number of benzene rings is 2. The van der Waals surface area contributed by atoms with Gasteiger partial charge >= 0.3 is 0 Å². The van der Waals surface area contributed by atoms with Crippen molar-refractivity contribution in [1.82, 2.24) is 4.90 Å². The van der Waals surface area contributed by atoms with Crippen LogP contribution in [-0.4, -0.2) is 21.7 Å². The molecule has 4 rings (SSSR count). The highest BCUT2D eigenvalue weighted by Gasteiger charge is 2.51. The minimum Gasteiger partial charge on any atom is -0.366 e. The minimum absolute atomic E-state index is 0.0362. The Balaban J connectivity index is 1.79. The second-order valence-corrected chi connectivity index (χ2v) is 7.88. The zero-order valence-corrected chi connectivity index (χ0v) is 15.6. The van der Waals surface area contributed by atoms with E-state index in [4.69, 9.17) is 11.6 Å². The molecule has 2 aliphatic heterocycles. The molecule has 0 saturated carbocycles. The first-order valence-electron chi connectivity index (χ1n) is 8.28. The summed E-state index contributed by atoms with van der Waals surface area (Å²) in [7, 11) is 0. The highest BCUT2D eigenvalue weighted by molar-refractivity contribution is 8.03. The third kappa shape index (κ3) is 2.92. The molecule has 1 saturated heterocycles. The van der Waals surface area contributed by atoms with Gasteiger partial charge in [-0.1, -0.05) is 35.9 Å². The maximum absolute atomic E-state index is 13.2. The van der Waals surface area contributed by atoms with Crippen LogP contribution < -0.4 is 0 Å². The zero-order valence-electron chi connectivity index (χ0n) is 14.0. The first-order valence-corrected chi connectivity index (χ1v) is 9.64. The number of carbonyl (C=O) groups is 1. The van der Waals surface area contributed by atoms with Crippen molar-refractivity contribution >= 4 is 29.3 Å². The third-order valence-electron chi connectivity index (χ3n) is 4.89.